The maximum Gasteiger partial charge on any atom is 0.241 e. The Hall–Kier alpha value is -1.57. The number of imidazole rings is 1. The van der Waals surface area contributed by atoms with E-state index in [4.69, 9.17) is 0 Å². The van der Waals surface area contributed by atoms with Crippen LogP contribution in [0.2, 0.25) is 0 Å². The Morgan fingerprint density at radius 1 is 0.688 bits per heavy atom. The molecule has 0 fully saturated rings. The van der Waals surface area contributed by atoms with E-state index in [1.165, 1.54) is 115 Å². The van der Waals surface area contributed by atoms with E-state index in [0.29, 0.717) is 12.0 Å². The molecule has 1 aromatic carbocycles. The van der Waals surface area contributed by atoms with Crippen LogP contribution in [-0.4, -0.2) is 4.98 Å². The topological polar surface area (TPSA) is 19.7 Å². The number of hydrogen-bond acceptors (Lipinski definition) is 0. The molecule has 1 aromatic heterocycles. The van der Waals surface area contributed by atoms with Gasteiger partial charge in [0.2, 0.25) is 6.33 Å². The molecule has 0 saturated heterocycles. The highest BCUT2D eigenvalue weighted by Crippen LogP contribution is 2.28. The fourth-order valence-electron chi connectivity index (χ4n) is 5.16. The minimum Gasteiger partial charge on any atom is -0.250 e. The van der Waals surface area contributed by atoms with Crippen LogP contribution in [0.3, 0.4) is 0 Å². The summed E-state index contributed by atoms with van der Waals surface area (Å²) in [5, 5.41) is 0. The third kappa shape index (κ3) is 11.3. The SMILES string of the molecule is CCCCCCCCCCCCCC(C(CCCCC)Cc1ccccc1)[n+]1cc[nH]c1. The van der Waals surface area contributed by atoms with Gasteiger partial charge in [0.05, 0.1) is 0 Å². The summed E-state index contributed by atoms with van der Waals surface area (Å²) < 4.78 is 2.47. The molecule has 0 spiro atoms. The lowest BCUT2D eigenvalue weighted by molar-refractivity contribution is -0.730. The molecular weight excluding hydrogens is 388 g/mol. The summed E-state index contributed by atoms with van der Waals surface area (Å²) in [4.78, 5) is 3.30. The van der Waals surface area contributed by atoms with E-state index in [0.717, 1.165) is 0 Å². The second-order valence-electron chi connectivity index (χ2n) is 9.90. The van der Waals surface area contributed by atoms with Crippen LogP contribution in [0.4, 0.5) is 0 Å². The van der Waals surface area contributed by atoms with Crippen molar-refractivity contribution < 1.29 is 4.57 Å². The van der Waals surface area contributed by atoms with Crippen LogP contribution in [0.25, 0.3) is 0 Å². The Morgan fingerprint density at radius 2 is 1.25 bits per heavy atom. The van der Waals surface area contributed by atoms with Crippen molar-refractivity contribution >= 4 is 0 Å². The normalized spacial score (nSPS) is 13.3. The summed E-state index contributed by atoms with van der Waals surface area (Å²) >= 11 is 0. The average Bonchev–Trinajstić information content (AvgIpc) is 3.35. The molecule has 0 saturated carbocycles. The lowest BCUT2D eigenvalue weighted by atomic mass is 9.84. The molecule has 0 radical (unpaired) electrons. The first kappa shape index (κ1) is 26.7. The van der Waals surface area contributed by atoms with E-state index in [-0.39, 0.29) is 0 Å². The zero-order chi connectivity index (χ0) is 22.7. The van der Waals surface area contributed by atoms with Crippen LogP contribution in [0.5, 0.6) is 0 Å². The molecule has 0 amide bonds. The maximum absolute atomic E-state index is 3.30. The van der Waals surface area contributed by atoms with E-state index in [2.05, 4.69) is 72.5 Å². The predicted octanol–water partition coefficient (Wildman–Crippen LogP) is 8.98. The van der Waals surface area contributed by atoms with E-state index >= 15 is 0 Å². The number of H-pyrrole nitrogens is 1. The fraction of sp³-hybridized carbons (Fsp3) is 0.700. The Morgan fingerprint density at radius 3 is 1.84 bits per heavy atom. The number of benzene rings is 1. The smallest absolute Gasteiger partial charge is 0.241 e. The molecule has 0 aliphatic carbocycles. The summed E-state index contributed by atoms with van der Waals surface area (Å²) in [6.45, 7) is 4.62. The van der Waals surface area contributed by atoms with Gasteiger partial charge in [0, 0.05) is 5.92 Å². The van der Waals surface area contributed by atoms with Gasteiger partial charge < -0.3 is 0 Å². The summed E-state index contributed by atoms with van der Waals surface area (Å²) in [7, 11) is 0. The van der Waals surface area contributed by atoms with Crippen LogP contribution >= 0.6 is 0 Å². The molecule has 32 heavy (non-hydrogen) atoms. The van der Waals surface area contributed by atoms with Gasteiger partial charge in [0.25, 0.3) is 0 Å². The lowest BCUT2D eigenvalue weighted by Crippen LogP contribution is -2.42. The number of nitrogens with one attached hydrogen (secondary N) is 1. The summed E-state index contributed by atoms with van der Waals surface area (Å²) in [5.74, 6) is 0.716. The minimum absolute atomic E-state index is 0.608. The average molecular weight is 440 g/mol. The first-order valence-corrected chi connectivity index (χ1v) is 13.9. The number of aromatic nitrogens is 2. The molecule has 1 N–H and O–H groups in total. The summed E-state index contributed by atoms with van der Waals surface area (Å²) in [5.41, 5.74) is 1.49. The van der Waals surface area contributed by atoms with Crippen molar-refractivity contribution in [2.24, 2.45) is 5.92 Å². The molecule has 180 valence electrons. The van der Waals surface area contributed by atoms with E-state index < -0.39 is 0 Å². The number of nitrogens with zero attached hydrogens (tertiary/aromatic N) is 1. The van der Waals surface area contributed by atoms with Crippen molar-refractivity contribution in [3.8, 4) is 0 Å². The van der Waals surface area contributed by atoms with Gasteiger partial charge in [-0.3, -0.25) is 4.98 Å². The molecule has 0 aliphatic rings. The monoisotopic (exact) mass is 439 g/mol. The van der Waals surface area contributed by atoms with Gasteiger partial charge in [-0.05, 0) is 31.2 Å². The van der Waals surface area contributed by atoms with Crippen LogP contribution < -0.4 is 4.57 Å². The minimum atomic E-state index is 0.608. The number of hydrogen-bond donors (Lipinski definition) is 1. The number of rotatable bonds is 20. The zero-order valence-corrected chi connectivity index (χ0v) is 21.2. The molecule has 2 rings (SSSR count). The Bertz CT molecular complexity index is 634. The maximum atomic E-state index is 3.30. The van der Waals surface area contributed by atoms with Crippen molar-refractivity contribution in [3.05, 3.63) is 54.6 Å². The second-order valence-corrected chi connectivity index (χ2v) is 9.90. The molecule has 2 heteroatoms. The van der Waals surface area contributed by atoms with Gasteiger partial charge in [-0.1, -0.05) is 128 Å². The third-order valence-corrected chi connectivity index (χ3v) is 7.12. The highest BCUT2D eigenvalue weighted by Gasteiger charge is 2.26. The quantitative estimate of drug-likeness (QED) is 0.157. The molecular formula is C30H51N2+. The number of aromatic amines is 1. The largest absolute Gasteiger partial charge is 0.250 e. The molecule has 2 aromatic rings. The molecule has 0 bridgehead atoms. The van der Waals surface area contributed by atoms with Gasteiger partial charge in [0.15, 0.2) is 0 Å². The Labute approximate surface area is 199 Å². The first-order chi connectivity index (χ1) is 15.8. The molecule has 1 heterocycles. The van der Waals surface area contributed by atoms with Gasteiger partial charge >= 0.3 is 0 Å². The standard InChI is InChI=1S/C30H50N2/c1-3-5-7-8-9-10-11-12-13-14-19-23-30(32-25-24-31-27-32)29(22-16-6-4-2)26-28-20-17-15-18-21-28/h15,17-18,20-21,24-25,27,29-30H,3-14,16,19,22-23,26H2,1-2H3/p+1. The second kappa shape index (κ2) is 17.9. The van der Waals surface area contributed by atoms with E-state index in [9.17, 15) is 0 Å². The molecule has 0 aliphatic heterocycles. The van der Waals surface area contributed by atoms with Crippen molar-refractivity contribution in [1.82, 2.24) is 4.98 Å². The van der Waals surface area contributed by atoms with Crippen LogP contribution in [0.1, 0.15) is 128 Å². The van der Waals surface area contributed by atoms with E-state index in [1.54, 1.807) is 0 Å². The van der Waals surface area contributed by atoms with Gasteiger partial charge in [-0.25, -0.2) is 4.57 Å². The molecule has 2 unspecified atom stereocenters. The van der Waals surface area contributed by atoms with Crippen LogP contribution in [-0.2, 0) is 6.42 Å². The third-order valence-electron chi connectivity index (χ3n) is 7.12. The first-order valence-electron chi connectivity index (χ1n) is 13.9. The molecule has 2 atom stereocenters. The summed E-state index contributed by atoms with van der Waals surface area (Å²) in [6, 6.07) is 11.8. The van der Waals surface area contributed by atoms with Crippen molar-refractivity contribution in [1.29, 1.82) is 0 Å². The summed E-state index contributed by atoms with van der Waals surface area (Å²) in [6.07, 6.45) is 30.0. The van der Waals surface area contributed by atoms with Crippen molar-refractivity contribution in [2.45, 2.75) is 129 Å². The zero-order valence-electron chi connectivity index (χ0n) is 21.2. The predicted molar refractivity (Wildman–Crippen MR) is 139 cm³/mol. The highest BCUT2D eigenvalue weighted by atomic mass is 15.1. The van der Waals surface area contributed by atoms with E-state index in [1.807, 2.05) is 0 Å². The van der Waals surface area contributed by atoms with Crippen LogP contribution in [0, 0.1) is 5.92 Å². The Kier molecular flexibility index (Phi) is 14.9. The van der Waals surface area contributed by atoms with Crippen LogP contribution in [0.15, 0.2) is 49.1 Å². The lowest BCUT2D eigenvalue weighted by Gasteiger charge is -2.25. The van der Waals surface area contributed by atoms with Gasteiger partial charge in [0.1, 0.15) is 18.4 Å². The number of unbranched alkanes of at least 4 members (excludes halogenated alkanes) is 12. The van der Waals surface area contributed by atoms with Gasteiger partial charge in [-0.15, -0.1) is 0 Å². The molecule has 2 nitrogen and oxygen atoms in total. The van der Waals surface area contributed by atoms with Gasteiger partial charge in [-0.2, -0.15) is 0 Å². The Balaban J connectivity index is 1.79. The highest BCUT2D eigenvalue weighted by molar-refractivity contribution is 5.15. The van der Waals surface area contributed by atoms with Crippen molar-refractivity contribution in [2.75, 3.05) is 0 Å². The fourth-order valence-corrected chi connectivity index (χ4v) is 5.16. The van der Waals surface area contributed by atoms with Crippen molar-refractivity contribution in [3.63, 3.8) is 0 Å².